The fourth-order valence-electron chi connectivity index (χ4n) is 1.58. The zero-order valence-electron chi connectivity index (χ0n) is 10.5. The van der Waals surface area contributed by atoms with Crippen LogP contribution >= 0.6 is 0 Å². The molecule has 1 aliphatic heterocycles. The van der Waals surface area contributed by atoms with Crippen LogP contribution in [0.1, 0.15) is 13.3 Å². The minimum atomic E-state index is -1.83. The second kappa shape index (κ2) is 5.96. The van der Waals surface area contributed by atoms with Crippen LogP contribution in [0.4, 0.5) is 0 Å². The molecule has 0 saturated carbocycles. The van der Waals surface area contributed by atoms with E-state index in [-0.39, 0.29) is 0 Å². The molecule has 1 fully saturated rings. The third-order valence-electron chi connectivity index (χ3n) is 2.79. The Hall–Kier alpha value is 0.0569. The smallest absolute Gasteiger partial charge is 0.336 e. The lowest BCUT2D eigenvalue weighted by atomic mass is 10.5. The van der Waals surface area contributed by atoms with Crippen molar-refractivity contribution in [2.75, 3.05) is 40.6 Å². The van der Waals surface area contributed by atoms with E-state index >= 15 is 0 Å². The lowest BCUT2D eigenvalue weighted by molar-refractivity contribution is -0.0287. The van der Waals surface area contributed by atoms with Gasteiger partial charge in [0.25, 0.3) is 0 Å². The summed E-state index contributed by atoms with van der Waals surface area (Å²) in [6, 6.07) is 1.10. The summed E-state index contributed by atoms with van der Waals surface area (Å²) in [5.41, 5.74) is 0. The molecule has 0 unspecified atom stereocenters. The van der Waals surface area contributed by atoms with Crippen molar-refractivity contribution in [1.29, 1.82) is 0 Å². The predicted molar refractivity (Wildman–Crippen MR) is 63.9 cm³/mol. The number of hydrogen-bond acceptors (Lipinski definition) is 4. The molecule has 4 nitrogen and oxygen atoms in total. The molecule has 0 aliphatic carbocycles. The third-order valence-corrected chi connectivity index (χ3v) is 5.53. The summed E-state index contributed by atoms with van der Waals surface area (Å²) in [6.07, 6.45) is 1.17. The molecule has 0 spiro atoms. The van der Waals surface area contributed by atoms with E-state index in [0.717, 1.165) is 32.6 Å². The van der Waals surface area contributed by atoms with Gasteiger partial charge in [0.15, 0.2) is 0 Å². The van der Waals surface area contributed by atoms with E-state index in [9.17, 15) is 0 Å². The molecule has 15 heavy (non-hydrogen) atoms. The van der Waals surface area contributed by atoms with Gasteiger partial charge in [0.1, 0.15) is 0 Å². The van der Waals surface area contributed by atoms with E-state index in [2.05, 4.69) is 37.4 Å². The molecular formula is C10H24N2O2Si. The highest BCUT2D eigenvalue weighted by molar-refractivity contribution is 6.66. The molecule has 0 atom stereocenters. The van der Waals surface area contributed by atoms with Gasteiger partial charge in [-0.05, 0) is 46.2 Å². The molecule has 1 aliphatic rings. The van der Waals surface area contributed by atoms with Gasteiger partial charge in [0.05, 0.1) is 13.5 Å². The van der Waals surface area contributed by atoms with Crippen LogP contribution < -0.4 is 0 Å². The molecule has 0 aromatic rings. The van der Waals surface area contributed by atoms with Gasteiger partial charge in [0.2, 0.25) is 0 Å². The minimum Gasteiger partial charge on any atom is -0.381 e. The summed E-state index contributed by atoms with van der Waals surface area (Å²) in [4.78, 5) is 4.37. The first-order valence-corrected chi connectivity index (χ1v) is 8.23. The molecule has 0 aromatic carbocycles. The van der Waals surface area contributed by atoms with E-state index in [1.807, 2.05) is 0 Å². The lowest BCUT2D eigenvalue weighted by Gasteiger charge is -2.37. The Morgan fingerprint density at radius 3 is 2.33 bits per heavy atom. The maximum atomic E-state index is 5.87. The normalized spacial score (nSPS) is 22.2. The summed E-state index contributed by atoms with van der Waals surface area (Å²) in [7, 11) is 2.38. The summed E-state index contributed by atoms with van der Waals surface area (Å²) >= 11 is 0. The highest BCUT2D eigenvalue weighted by Gasteiger charge is 2.35. The van der Waals surface area contributed by atoms with Crippen molar-refractivity contribution in [3.8, 4) is 0 Å². The van der Waals surface area contributed by atoms with Crippen LogP contribution in [0.2, 0.25) is 12.6 Å². The number of rotatable bonds is 5. The molecule has 0 amide bonds. The predicted octanol–water partition coefficient (Wildman–Crippen LogP) is 1.29. The summed E-state index contributed by atoms with van der Waals surface area (Å²) in [6.45, 7) is 7.93. The third kappa shape index (κ3) is 4.61. The van der Waals surface area contributed by atoms with E-state index in [0.29, 0.717) is 0 Å². The van der Waals surface area contributed by atoms with Gasteiger partial charge in [-0.2, -0.15) is 0 Å². The maximum absolute atomic E-state index is 5.87. The van der Waals surface area contributed by atoms with E-state index in [1.54, 1.807) is 0 Å². The van der Waals surface area contributed by atoms with Crippen molar-refractivity contribution in [3.63, 3.8) is 0 Å². The monoisotopic (exact) mass is 232 g/mol. The van der Waals surface area contributed by atoms with E-state index in [4.69, 9.17) is 8.85 Å². The minimum absolute atomic E-state index is 0.751. The molecule has 90 valence electrons. The average Bonchev–Trinajstić information content (AvgIpc) is 2.18. The van der Waals surface area contributed by atoms with Crippen LogP contribution in [0, 0.1) is 0 Å². The fraction of sp³-hybridized carbons (Fsp3) is 1.00. The Bertz CT molecular complexity index is 182. The molecule has 0 aromatic heterocycles. The van der Waals surface area contributed by atoms with Crippen molar-refractivity contribution < 1.29 is 8.85 Å². The standard InChI is InChI=1S/C10H24N2O2Si/c1-5-12-9-13-15(4,14-10-12)8-6-7-11(2)3/h5-10H2,1-4H3. The SMILES string of the molecule is CCN1CO[Si](C)(CCCN(C)C)OC1. The first-order valence-electron chi connectivity index (χ1n) is 5.71. The van der Waals surface area contributed by atoms with Crippen LogP contribution in [-0.2, 0) is 8.85 Å². The van der Waals surface area contributed by atoms with Crippen LogP contribution in [-0.4, -0.2) is 59.0 Å². The average molecular weight is 232 g/mol. The second-order valence-electron chi connectivity index (χ2n) is 4.57. The first-order chi connectivity index (χ1) is 7.06. The van der Waals surface area contributed by atoms with Gasteiger partial charge in [-0.25, -0.2) is 0 Å². The highest BCUT2D eigenvalue weighted by atomic mass is 28.4. The summed E-state index contributed by atoms with van der Waals surface area (Å²) in [5, 5.41) is 0. The van der Waals surface area contributed by atoms with Gasteiger partial charge < -0.3 is 13.8 Å². The van der Waals surface area contributed by atoms with E-state index in [1.165, 1.54) is 6.42 Å². The van der Waals surface area contributed by atoms with Crippen LogP contribution in [0.25, 0.3) is 0 Å². The van der Waals surface area contributed by atoms with Gasteiger partial charge in [-0.1, -0.05) is 6.92 Å². The van der Waals surface area contributed by atoms with Crippen LogP contribution in [0.15, 0.2) is 0 Å². The molecule has 0 N–H and O–H groups in total. The van der Waals surface area contributed by atoms with Crippen molar-refractivity contribution in [1.82, 2.24) is 9.80 Å². The quantitative estimate of drug-likeness (QED) is 0.667. The molecule has 1 heterocycles. The van der Waals surface area contributed by atoms with Gasteiger partial charge in [-0.3, -0.25) is 4.90 Å². The van der Waals surface area contributed by atoms with Gasteiger partial charge in [-0.15, -0.1) is 0 Å². The van der Waals surface area contributed by atoms with Crippen molar-refractivity contribution >= 4 is 8.56 Å². The largest absolute Gasteiger partial charge is 0.381 e. The zero-order chi connectivity index (χ0) is 11.3. The lowest BCUT2D eigenvalue weighted by Crippen LogP contribution is -2.50. The first kappa shape index (κ1) is 13.1. The maximum Gasteiger partial charge on any atom is 0.336 e. The number of nitrogens with zero attached hydrogens (tertiary/aromatic N) is 2. The molecule has 1 saturated heterocycles. The Morgan fingerprint density at radius 1 is 1.27 bits per heavy atom. The number of hydrogen-bond donors (Lipinski definition) is 0. The Labute approximate surface area is 94.4 Å². The van der Waals surface area contributed by atoms with Crippen molar-refractivity contribution in [2.45, 2.75) is 25.9 Å². The summed E-state index contributed by atoms with van der Waals surface area (Å²) in [5.74, 6) is 0. The zero-order valence-corrected chi connectivity index (χ0v) is 11.5. The summed E-state index contributed by atoms with van der Waals surface area (Å²) < 4.78 is 11.7. The van der Waals surface area contributed by atoms with Crippen LogP contribution in [0.3, 0.4) is 0 Å². The second-order valence-corrected chi connectivity index (χ2v) is 7.92. The molecular weight excluding hydrogens is 208 g/mol. The van der Waals surface area contributed by atoms with Gasteiger partial charge >= 0.3 is 8.56 Å². The molecule has 0 radical (unpaired) electrons. The molecule has 5 heteroatoms. The molecule has 1 rings (SSSR count). The van der Waals surface area contributed by atoms with Crippen molar-refractivity contribution in [3.05, 3.63) is 0 Å². The van der Waals surface area contributed by atoms with Gasteiger partial charge in [0, 0.05) is 0 Å². The van der Waals surface area contributed by atoms with Crippen molar-refractivity contribution in [2.24, 2.45) is 0 Å². The Morgan fingerprint density at radius 2 is 1.87 bits per heavy atom. The Balaban J connectivity index is 2.22. The van der Waals surface area contributed by atoms with E-state index < -0.39 is 8.56 Å². The molecule has 0 bridgehead atoms. The highest BCUT2D eigenvalue weighted by Crippen LogP contribution is 2.20. The van der Waals surface area contributed by atoms with Crippen LogP contribution in [0.5, 0.6) is 0 Å². The fourth-order valence-corrected chi connectivity index (χ4v) is 3.66. The topological polar surface area (TPSA) is 24.9 Å². The Kier molecular flexibility index (Phi) is 5.21.